The molecule has 3 aromatic rings. The first-order chi connectivity index (χ1) is 17.6. The molecule has 0 spiro atoms. The van der Waals surface area contributed by atoms with Gasteiger partial charge in [0.2, 0.25) is 5.91 Å². The minimum Gasteiger partial charge on any atom is -0.395 e. The van der Waals surface area contributed by atoms with Gasteiger partial charge in [-0.05, 0) is 66.9 Å². The Morgan fingerprint density at radius 3 is 2.50 bits per heavy atom. The van der Waals surface area contributed by atoms with Crippen LogP contribution in [0.15, 0.2) is 73.1 Å². The van der Waals surface area contributed by atoms with Crippen LogP contribution in [0.1, 0.15) is 41.0 Å². The molecule has 0 radical (unpaired) electrons. The predicted octanol–water partition coefficient (Wildman–Crippen LogP) is 3.61. The Morgan fingerprint density at radius 2 is 1.75 bits per heavy atom. The molecular weight excluding hydrogens is 453 g/mol. The van der Waals surface area contributed by atoms with Crippen molar-refractivity contribution < 1.29 is 14.3 Å². The van der Waals surface area contributed by atoms with Crippen molar-refractivity contribution in [2.75, 3.05) is 26.2 Å². The van der Waals surface area contributed by atoms with Gasteiger partial charge in [0.15, 0.2) is 0 Å². The van der Waals surface area contributed by atoms with E-state index in [-0.39, 0.29) is 36.3 Å². The highest BCUT2D eigenvalue weighted by molar-refractivity contribution is 5.78. The van der Waals surface area contributed by atoms with Gasteiger partial charge in [-0.1, -0.05) is 36.1 Å². The lowest BCUT2D eigenvalue weighted by Gasteiger charge is -2.57. The molecule has 2 aliphatic heterocycles. The molecule has 0 unspecified atom stereocenters. The summed E-state index contributed by atoms with van der Waals surface area (Å²) in [7, 11) is 0. The van der Waals surface area contributed by atoms with E-state index in [2.05, 4.69) is 33.9 Å². The van der Waals surface area contributed by atoms with E-state index >= 15 is 0 Å². The summed E-state index contributed by atoms with van der Waals surface area (Å²) in [6.07, 6.45) is 5.78. The molecule has 1 aromatic heterocycles. The molecule has 1 amide bonds. The zero-order valence-corrected chi connectivity index (χ0v) is 20.2. The first kappa shape index (κ1) is 24.2. The number of hydrogen-bond donors (Lipinski definition) is 1. The van der Waals surface area contributed by atoms with Gasteiger partial charge in [-0.2, -0.15) is 0 Å². The number of aliphatic hydroxyl groups excluding tert-OH is 1. The summed E-state index contributed by atoms with van der Waals surface area (Å²) in [6.45, 7) is 2.43. The van der Waals surface area contributed by atoms with Crippen LogP contribution in [0.4, 0.5) is 4.39 Å². The largest absolute Gasteiger partial charge is 0.395 e. The number of aromatic nitrogens is 1. The smallest absolute Gasteiger partial charge is 0.227 e. The molecule has 6 heteroatoms. The van der Waals surface area contributed by atoms with E-state index in [9.17, 15) is 14.3 Å². The number of amides is 1. The number of fused-ring (bicyclic) bond motifs is 1. The minimum atomic E-state index is -0.325. The zero-order chi connectivity index (χ0) is 24.9. The Labute approximate surface area is 211 Å². The van der Waals surface area contributed by atoms with Gasteiger partial charge in [-0.15, -0.1) is 0 Å². The summed E-state index contributed by atoms with van der Waals surface area (Å²) in [5, 5.41) is 10.2. The van der Waals surface area contributed by atoms with Gasteiger partial charge in [-0.25, -0.2) is 4.39 Å². The molecule has 2 fully saturated rings. The van der Waals surface area contributed by atoms with Crippen LogP contribution in [0.2, 0.25) is 0 Å². The summed E-state index contributed by atoms with van der Waals surface area (Å²) < 4.78 is 13.9. The molecule has 5 nitrogen and oxygen atoms in total. The highest BCUT2D eigenvalue weighted by atomic mass is 19.1. The fraction of sp³-hybridized carbons (Fsp3) is 0.333. The molecule has 1 N–H and O–H groups in total. The van der Waals surface area contributed by atoms with Crippen molar-refractivity contribution in [1.82, 2.24) is 14.8 Å². The van der Waals surface area contributed by atoms with Crippen LogP contribution < -0.4 is 0 Å². The lowest BCUT2D eigenvalue weighted by atomic mass is 9.74. The predicted molar refractivity (Wildman–Crippen MR) is 137 cm³/mol. The van der Waals surface area contributed by atoms with Crippen molar-refractivity contribution in [3.63, 3.8) is 0 Å². The summed E-state index contributed by atoms with van der Waals surface area (Å²) in [4.78, 5) is 21.6. The Hall–Kier alpha value is -3.53. The third kappa shape index (κ3) is 5.18. The summed E-state index contributed by atoms with van der Waals surface area (Å²) in [5.74, 6) is 5.89. The molecule has 3 heterocycles. The van der Waals surface area contributed by atoms with Crippen LogP contribution in [0.25, 0.3) is 0 Å². The SMILES string of the molecule is O=C(Cc1ccncc1)N1CCCCN2[C@H](CO)[C@H](c3ccc(C#Cc4ccccc4F)cc3)[C@H]2C1. The third-order valence-corrected chi connectivity index (χ3v) is 7.34. The van der Waals surface area contributed by atoms with Crippen molar-refractivity contribution in [2.24, 2.45) is 0 Å². The van der Waals surface area contributed by atoms with Gasteiger partial charge in [0.25, 0.3) is 0 Å². The average molecular weight is 484 g/mol. The number of aliphatic hydroxyl groups is 1. The number of carbonyl (C=O) groups is 1. The molecule has 2 saturated heterocycles. The van der Waals surface area contributed by atoms with Gasteiger partial charge < -0.3 is 10.0 Å². The quantitative estimate of drug-likeness (QED) is 0.576. The standard InChI is InChI=1S/C30H30FN3O2/c31-26-6-2-1-5-24(26)10-7-22-8-11-25(12-9-22)30-27-20-33(17-3-4-18-34(27)28(30)21-35)29(36)19-23-13-15-32-16-14-23/h1-2,5-6,8-9,11-16,27-28,30,35H,3-4,17-21H2/t27-,28-,30-/m1/s1. The van der Waals surface area contributed by atoms with Gasteiger partial charge in [0.05, 0.1) is 18.6 Å². The summed E-state index contributed by atoms with van der Waals surface area (Å²) in [6, 6.07) is 18.5. The molecule has 0 bridgehead atoms. The maximum atomic E-state index is 13.9. The van der Waals surface area contributed by atoms with Crippen LogP contribution in [-0.4, -0.2) is 64.1 Å². The lowest BCUT2D eigenvalue weighted by Crippen LogP contribution is -2.68. The van der Waals surface area contributed by atoms with Crippen LogP contribution in [0, 0.1) is 17.7 Å². The van der Waals surface area contributed by atoms with Crippen LogP contribution >= 0.6 is 0 Å². The van der Waals surface area contributed by atoms with Crippen LogP contribution in [-0.2, 0) is 11.2 Å². The van der Waals surface area contributed by atoms with Crippen molar-refractivity contribution in [3.05, 3.63) is 101 Å². The van der Waals surface area contributed by atoms with Crippen molar-refractivity contribution >= 4 is 5.91 Å². The van der Waals surface area contributed by atoms with Crippen molar-refractivity contribution in [3.8, 4) is 11.8 Å². The van der Waals surface area contributed by atoms with E-state index < -0.39 is 0 Å². The lowest BCUT2D eigenvalue weighted by molar-refractivity contribution is -0.135. The second kappa shape index (κ2) is 11.0. The fourth-order valence-corrected chi connectivity index (χ4v) is 5.44. The number of pyridine rings is 1. The molecule has 5 rings (SSSR count). The molecule has 3 atom stereocenters. The molecule has 36 heavy (non-hydrogen) atoms. The van der Waals surface area contributed by atoms with E-state index in [1.807, 2.05) is 29.2 Å². The maximum Gasteiger partial charge on any atom is 0.227 e. The Balaban J connectivity index is 1.32. The zero-order valence-electron chi connectivity index (χ0n) is 20.2. The third-order valence-electron chi connectivity index (χ3n) is 7.34. The van der Waals surface area contributed by atoms with E-state index in [1.165, 1.54) is 6.07 Å². The molecule has 0 saturated carbocycles. The Kier molecular flexibility index (Phi) is 7.41. The van der Waals surface area contributed by atoms with Crippen LogP contribution in [0.3, 0.4) is 0 Å². The number of carbonyl (C=O) groups excluding carboxylic acids is 1. The molecular formula is C30H30FN3O2. The number of hydrogen-bond acceptors (Lipinski definition) is 4. The molecule has 184 valence electrons. The second-order valence-electron chi connectivity index (χ2n) is 9.51. The van der Waals surface area contributed by atoms with E-state index in [4.69, 9.17) is 0 Å². The first-order valence-corrected chi connectivity index (χ1v) is 12.5. The number of rotatable bonds is 4. The summed E-state index contributed by atoms with van der Waals surface area (Å²) in [5.41, 5.74) is 3.29. The van der Waals surface area contributed by atoms with Gasteiger partial charge in [0, 0.05) is 49.0 Å². The number of nitrogens with zero attached hydrogens (tertiary/aromatic N) is 3. The molecule has 2 aliphatic rings. The Morgan fingerprint density at radius 1 is 1.00 bits per heavy atom. The minimum absolute atomic E-state index is 0.0422. The first-order valence-electron chi connectivity index (χ1n) is 12.5. The van der Waals surface area contributed by atoms with E-state index in [1.54, 1.807) is 30.6 Å². The second-order valence-corrected chi connectivity index (χ2v) is 9.51. The average Bonchev–Trinajstić information content (AvgIpc) is 2.88. The number of benzene rings is 2. The monoisotopic (exact) mass is 483 g/mol. The normalized spacial score (nSPS) is 21.8. The van der Waals surface area contributed by atoms with Gasteiger partial charge >= 0.3 is 0 Å². The molecule has 0 aliphatic carbocycles. The maximum absolute atomic E-state index is 13.9. The number of halogens is 1. The highest BCUT2D eigenvalue weighted by Gasteiger charge is 2.49. The highest BCUT2D eigenvalue weighted by Crippen LogP contribution is 2.42. The summed E-state index contributed by atoms with van der Waals surface area (Å²) >= 11 is 0. The topological polar surface area (TPSA) is 56.7 Å². The van der Waals surface area contributed by atoms with Gasteiger partial charge in [-0.3, -0.25) is 14.7 Å². The van der Waals surface area contributed by atoms with E-state index in [0.717, 1.165) is 42.6 Å². The van der Waals surface area contributed by atoms with Crippen LogP contribution in [0.5, 0.6) is 0 Å². The Bertz CT molecular complexity index is 1250. The fourth-order valence-electron chi connectivity index (χ4n) is 5.44. The van der Waals surface area contributed by atoms with Gasteiger partial charge in [0.1, 0.15) is 5.82 Å². The van der Waals surface area contributed by atoms with E-state index in [0.29, 0.717) is 18.5 Å². The molecule has 2 aromatic carbocycles. The van der Waals surface area contributed by atoms with Crippen molar-refractivity contribution in [1.29, 1.82) is 0 Å². The van der Waals surface area contributed by atoms with Crippen molar-refractivity contribution in [2.45, 2.75) is 37.3 Å².